The van der Waals surface area contributed by atoms with E-state index in [1.807, 2.05) is 24.3 Å². The number of carbonyl (C=O) groups is 5. The molecule has 5 fully saturated rings. The van der Waals surface area contributed by atoms with Crippen LogP contribution in [0.15, 0.2) is 116 Å². The van der Waals surface area contributed by atoms with Gasteiger partial charge in [-0.3, -0.25) is 43.7 Å². The van der Waals surface area contributed by atoms with E-state index in [1.165, 1.54) is 24.3 Å². The fourth-order valence-electron chi connectivity index (χ4n) is 11.7. The molecule has 1 unspecified atom stereocenters. The van der Waals surface area contributed by atoms with Crippen LogP contribution in [0.3, 0.4) is 0 Å². The first-order valence-electron chi connectivity index (χ1n) is 27.5. The molecule has 4 saturated heterocycles. The summed E-state index contributed by atoms with van der Waals surface area (Å²) in [6.07, 6.45) is 5.64. The number of rotatable bonds is 15. The molecule has 6 aromatic rings. The van der Waals surface area contributed by atoms with Crippen LogP contribution in [0.25, 0.3) is 10.9 Å². The summed E-state index contributed by atoms with van der Waals surface area (Å²) in [7, 11) is 1.67. The van der Waals surface area contributed by atoms with Crippen molar-refractivity contribution < 1.29 is 37.8 Å². The molecule has 5 aliphatic heterocycles. The van der Waals surface area contributed by atoms with Crippen molar-refractivity contribution in [3.63, 3.8) is 0 Å². The van der Waals surface area contributed by atoms with Crippen molar-refractivity contribution >= 4 is 69.0 Å². The first-order valence-corrected chi connectivity index (χ1v) is 27.5. The molecule has 5 amide bonds. The largest absolute Gasteiger partial charge is 0.495 e. The molecule has 1 atom stereocenters. The van der Waals surface area contributed by atoms with Gasteiger partial charge in [-0.1, -0.05) is 6.58 Å². The lowest BCUT2D eigenvalue weighted by molar-refractivity contribution is -0.131. The summed E-state index contributed by atoms with van der Waals surface area (Å²) in [6, 6.07) is 27.1. The number of nitrogens with zero attached hydrogens (tertiary/aromatic N) is 9. The number of piperazine rings is 2. The summed E-state index contributed by atoms with van der Waals surface area (Å²) >= 11 is 0. The first kappa shape index (κ1) is 52.2. The van der Waals surface area contributed by atoms with E-state index in [9.17, 15) is 28.4 Å². The monoisotopic (exact) mass is 1080 g/mol. The number of anilines is 5. The minimum Gasteiger partial charge on any atom is -0.495 e. The van der Waals surface area contributed by atoms with Crippen LogP contribution in [0, 0.1) is 17.2 Å². The van der Waals surface area contributed by atoms with E-state index in [4.69, 9.17) is 19.6 Å². The summed E-state index contributed by atoms with van der Waals surface area (Å²) in [5.74, 6) is 0.965. The number of amides is 5. The number of halogens is 1. The second-order valence-electron chi connectivity index (χ2n) is 21.7. The van der Waals surface area contributed by atoms with Crippen LogP contribution in [-0.4, -0.2) is 145 Å². The fraction of sp³-hybridized carbons (Fsp3) is 0.367. The molecule has 4 aromatic carbocycles. The van der Waals surface area contributed by atoms with Crippen LogP contribution in [0.5, 0.6) is 17.2 Å². The van der Waals surface area contributed by atoms with Gasteiger partial charge in [0.25, 0.3) is 11.8 Å². The number of nitrogens with one attached hydrogen (secondary N) is 3. The van der Waals surface area contributed by atoms with Crippen LogP contribution in [0.4, 0.5) is 33.0 Å². The Kier molecular flexibility index (Phi) is 14.3. The average Bonchev–Trinajstić information content (AvgIpc) is 4.44. The Hall–Kier alpha value is -8.49. The van der Waals surface area contributed by atoms with Crippen LogP contribution in [-0.2, 0) is 20.9 Å². The third-order valence-corrected chi connectivity index (χ3v) is 16.6. The number of imide groups is 1. The van der Waals surface area contributed by atoms with Gasteiger partial charge < -0.3 is 40.1 Å². The summed E-state index contributed by atoms with van der Waals surface area (Å²) in [5.41, 5.74) is 4.68. The zero-order chi connectivity index (χ0) is 55.1. The number of methoxy groups -OCH3 is 1. The minimum atomic E-state index is -1.18. The third-order valence-electron chi connectivity index (χ3n) is 16.6. The van der Waals surface area contributed by atoms with E-state index >= 15 is 0 Å². The second kappa shape index (κ2) is 22.0. The number of pyridine rings is 1. The third kappa shape index (κ3) is 10.7. The highest BCUT2D eigenvalue weighted by Crippen LogP contribution is 2.48. The normalized spacial score (nSPS) is 19.7. The van der Waals surface area contributed by atoms with E-state index in [1.54, 1.807) is 49.7 Å². The molecule has 80 heavy (non-hydrogen) atoms. The molecule has 7 heterocycles. The lowest BCUT2D eigenvalue weighted by Gasteiger charge is -2.39. The number of ether oxygens (including phenoxy) is 2. The highest BCUT2D eigenvalue weighted by Gasteiger charge is 2.56. The number of aromatic nitrogens is 3. The van der Waals surface area contributed by atoms with Crippen molar-refractivity contribution in [1.29, 1.82) is 0 Å². The van der Waals surface area contributed by atoms with Crippen molar-refractivity contribution in [2.75, 3.05) is 104 Å². The number of piperidine rings is 2. The Bertz CT molecular complexity index is 3370. The van der Waals surface area contributed by atoms with Crippen LogP contribution < -0.4 is 40.1 Å². The van der Waals surface area contributed by atoms with Gasteiger partial charge in [-0.05, 0) is 142 Å². The summed E-state index contributed by atoms with van der Waals surface area (Å²) in [5, 5.41) is 18.5. The molecular weight excluding hydrogens is 1020 g/mol. The van der Waals surface area contributed by atoms with Gasteiger partial charge in [-0.15, -0.1) is 5.10 Å². The molecule has 12 rings (SSSR count). The highest BCUT2D eigenvalue weighted by molar-refractivity contribution is 6.23. The van der Waals surface area contributed by atoms with Crippen molar-refractivity contribution in [3.05, 3.63) is 138 Å². The zero-order valence-electron chi connectivity index (χ0n) is 44.7. The summed E-state index contributed by atoms with van der Waals surface area (Å²) in [4.78, 5) is 83.4. The molecule has 0 spiro atoms. The van der Waals surface area contributed by atoms with E-state index < -0.39 is 40.9 Å². The van der Waals surface area contributed by atoms with Gasteiger partial charge in [-0.2, -0.15) is 5.10 Å². The van der Waals surface area contributed by atoms with Gasteiger partial charge in [0.15, 0.2) is 5.82 Å². The maximum atomic E-state index is 13.5. The van der Waals surface area contributed by atoms with E-state index in [-0.39, 0.29) is 5.91 Å². The molecule has 412 valence electrons. The fourth-order valence-corrected chi connectivity index (χ4v) is 11.7. The topological polar surface area (TPSA) is 198 Å². The van der Waals surface area contributed by atoms with Crippen molar-refractivity contribution in [2.45, 2.75) is 51.1 Å². The number of carbonyl (C=O) groups excluding carboxylic acids is 5. The average molecular weight is 1080 g/mol. The van der Waals surface area contributed by atoms with E-state index in [2.05, 4.69) is 64.3 Å². The van der Waals surface area contributed by atoms with E-state index in [0.29, 0.717) is 83.6 Å². The number of allylic oxidation sites excluding steroid dienone is 1. The van der Waals surface area contributed by atoms with Gasteiger partial charge in [-0.25, -0.2) is 4.39 Å². The van der Waals surface area contributed by atoms with Gasteiger partial charge in [0.2, 0.25) is 17.7 Å². The highest BCUT2D eigenvalue weighted by atomic mass is 19.1. The quantitative estimate of drug-likeness (QED) is 0.0697. The maximum absolute atomic E-state index is 13.5. The minimum absolute atomic E-state index is 0.354. The smallest absolute Gasteiger partial charge is 0.262 e. The maximum Gasteiger partial charge on any atom is 0.262 e. The molecule has 0 radical (unpaired) electrons. The van der Waals surface area contributed by atoms with Crippen molar-refractivity contribution in [3.8, 4) is 17.2 Å². The van der Waals surface area contributed by atoms with Gasteiger partial charge >= 0.3 is 0 Å². The van der Waals surface area contributed by atoms with Crippen LogP contribution in [0.2, 0.25) is 0 Å². The Morgan fingerprint density at radius 3 is 2.05 bits per heavy atom. The Morgan fingerprint density at radius 2 is 1.39 bits per heavy atom. The second-order valence-corrected chi connectivity index (χ2v) is 21.7. The molecule has 1 saturated carbocycles. The molecule has 3 N–H and O–H groups in total. The number of benzene rings is 4. The molecule has 6 aliphatic rings. The molecule has 19 nitrogen and oxygen atoms in total. The standard InChI is InChI=1S/C60H63FN12O7/c1-38-3-15-50(55(74)63-38)73-56(75)46-14-11-44(33-47(46)57(73)76)70-29-25-68(26-30-70)36-39-18-23-72(24-19-39)54-16-10-43(66-67-54)37-69-27-31-71(32-28-69)51-35-49-48(34-53(51)79-2)52(17-22-62-49)80-45-12-8-42(9-13-45)65-59(78)60(20-21-60)58(77)64-41-6-4-40(61)5-7-41/h4-14,16-17,22,33-35,39,50H,1,3,15,18-21,23-32,36-37H2,2H3,(H,63,74)(H,64,77)(H,65,78). The van der Waals surface area contributed by atoms with Crippen molar-refractivity contribution in [1.82, 2.24) is 35.2 Å². The SMILES string of the molecule is C=C1CCC(N2C(=O)c3ccc(N4CCN(CC5CCN(c6ccc(CN7CCN(c8cc9nccc(Oc%10ccc(NC(=O)C%11(C(=O)Nc%12ccc(F)cc%12)CC%11)cc%10)c9cc8OC)CC7)nn6)CC5)CC4)cc3C2=O)C(=O)N1. The number of fused-ring (bicyclic) bond motifs is 2. The molecule has 20 heteroatoms. The molecule has 1 aliphatic carbocycles. The Labute approximate surface area is 462 Å². The van der Waals surface area contributed by atoms with Gasteiger partial charge in [0.1, 0.15) is 34.5 Å². The van der Waals surface area contributed by atoms with Crippen molar-refractivity contribution in [2.24, 2.45) is 11.3 Å². The van der Waals surface area contributed by atoms with Gasteiger partial charge in [0, 0.05) is 113 Å². The zero-order valence-corrected chi connectivity index (χ0v) is 44.7. The Morgan fingerprint density at radius 1 is 0.713 bits per heavy atom. The number of hydrogen-bond donors (Lipinski definition) is 3. The molecule has 0 bridgehead atoms. The predicted octanol–water partition coefficient (Wildman–Crippen LogP) is 7.07. The predicted molar refractivity (Wildman–Crippen MR) is 300 cm³/mol. The summed E-state index contributed by atoms with van der Waals surface area (Å²) < 4.78 is 25.7. The lowest BCUT2D eigenvalue weighted by atomic mass is 9.96. The molecule has 2 aromatic heterocycles. The molecular formula is C60H63FN12O7. The Balaban J connectivity index is 0.581. The number of hydrogen-bond acceptors (Lipinski definition) is 15. The lowest BCUT2D eigenvalue weighted by Crippen LogP contribution is -2.51. The van der Waals surface area contributed by atoms with Crippen LogP contribution >= 0.6 is 0 Å². The summed E-state index contributed by atoms with van der Waals surface area (Å²) in [6.45, 7) is 14.2. The first-order chi connectivity index (χ1) is 38.9. The van der Waals surface area contributed by atoms with Gasteiger partial charge in [0.05, 0.1) is 35.1 Å². The van der Waals surface area contributed by atoms with Crippen LogP contribution in [0.1, 0.15) is 64.9 Å². The van der Waals surface area contributed by atoms with E-state index in [0.717, 1.165) is 124 Å².